The second-order valence-corrected chi connectivity index (χ2v) is 5.31. The quantitative estimate of drug-likeness (QED) is 0.800. The van der Waals surface area contributed by atoms with Crippen LogP contribution in [0.5, 0.6) is 0 Å². The number of aldehydes is 1. The van der Waals surface area contributed by atoms with E-state index in [4.69, 9.17) is 0 Å². The van der Waals surface area contributed by atoms with Crippen molar-refractivity contribution in [3.8, 4) is 5.69 Å². The van der Waals surface area contributed by atoms with Gasteiger partial charge in [0, 0.05) is 24.6 Å². The van der Waals surface area contributed by atoms with Gasteiger partial charge in [0.25, 0.3) is 0 Å². The summed E-state index contributed by atoms with van der Waals surface area (Å²) in [6, 6.07) is 8.54. The number of hydrogen-bond donors (Lipinski definition) is 0. The standard InChI is InChI=1S/C16H19N3O/c20-12-16-3-1-2-9-18(16)11-14-4-6-15(7-5-14)19-10-8-17-13-19/h4-8,10,12-13,16H,1-3,9,11H2. The van der Waals surface area contributed by atoms with E-state index in [0.29, 0.717) is 0 Å². The van der Waals surface area contributed by atoms with Gasteiger partial charge < -0.3 is 9.36 Å². The van der Waals surface area contributed by atoms with E-state index in [9.17, 15) is 4.79 Å². The summed E-state index contributed by atoms with van der Waals surface area (Å²) in [5.41, 5.74) is 2.36. The first-order valence-electron chi connectivity index (χ1n) is 7.13. The fourth-order valence-corrected chi connectivity index (χ4v) is 2.79. The maximum atomic E-state index is 11.1. The lowest BCUT2D eigenvalue weighted by Crippen LogP contribution is -2.39. The molecule has 2 heterocycles. The fraction of sp³-hybridized carbons (Fsp3) is 0.375. The van der Waals surface area contributed by atoms with Gasteiger partial charge in [-0.05, 0) is 37.1 Å². The zero-order valence-electron chi connectivity index (χ0n) is 11.5. The number of imidazole rings is 1. The molecule has 0 radical (unpaired) electrons. The molecule has 1 aliphatic heterocycles. The summed E-state index contributed by atoms with van der Waals surface area (Å²) in [5.74, 6) is 0. The van der Waals surface area contributed by atoms with Gasteiger partial charge in [0.15, 0.2) is 0 Å². The van der Waals surface area contributed by atoms with Crippen LogP contribution in [-0.2, 0) is 11.3 Å². The Bertz CT molecular complexity index is 548. The van der Waals surface area contributed by atoms with Gasteiger partial charge in [-0.15, -0.1) is 0 Å². The third-order valence-corrected chi connectivity index (χ3v) is 3.95. The summed E-state index contributed by atoms with van der Waals surface area (Å²) in [5, 5.41) is 0. The van der Waals surface area contributed by atoms with Gasteiger partial charge in [0.1, 0.15) is 6.29 Å². The average molecular weight is 269 g/mol. The van der Waals surface area contributed by atoms with Crippen LogP contribution in [0.1, 0.15) is 24.8 Å². The van der Waals surface area contributed by atoms with Gasteiger partial charge in [0.2, 0.25) is 0 Å². The first-order valence-corrected chi connectivity index (χ1v) is 7.13. The minimum Gasteiger partial charge on any atom is -0.306 e. The van der Waals surface area contributed by atoms with E-state index in [1.807, 2.05) is 10.8 Å². The molecule has 0 spiro atoms. The molecule has 0 saturated carbocycles. The van der Waals surface area contributed by atoms with E-state index in [-0.39, 0.29) is 6.04 Å². The largest absolute Gasteiger partial charge is 0.306 e. The Morgan fingerprint density at radius 3 is 2.80 bits per heavy atom. The fourth-order valence-electron chi connectivity index (χ4n) is 2.79. The van der Waals surface area contributed by atoms with Crippen LogP contribution >= 0.6 is 0 Å². The van der Waals surface area contributed by atoms with Crippen LogP contribution in [0.2, 0.25) is 0 Å². The number of hydrogen-bond acceptors (Lipinski definition) is 3. The molecule has 1 atom stereocenters. The first kappa shape index (κ1) is 13.1. The van der Waals surface area contributed by atoms with Gasteiger partial charge in [0.05, 0.1) is 12.4 Å². The lowest BCUT2D eigenvalue weighted by molar-refractivity contribution is -0.113. The molecule has 0 aliphatic carbocycles. The highest BCUT2D eigenvalue weighted by Crippen LogP contribution is 2.19. The van der Waals surface area contributed by atoms with E-state index in [1.54, 1.807) is 12.5 Å². The molecule has 1 fully saturated rings. The van der Waals surface area contributed by atoms with Crippen LogP contribution in [0, 0.1) is 0 Å². The number of carbonyl (C=O) groups is 1. The highest BCUT2D eigenvalue weighted by Gasteiger charge is 2.21. The molecule has 0 bridgehead atoms. The number of nitrogens with zero attached hydrogens (tertiary/aromatic N) is 3. The highest BCUT2D eigenvalue weighted by molar-refractivity contribution is 5.57. The van der Waals surface area contributed by atoms with Gasteiger partial charge in [-0.3, -0.25) is 4.90 Å². The molecule has 104 valence electrons. The topological polar surface area (TPSA) is 38.1 Å². The average Bonchev–Trinajstić information content (AvgIpc) is 3.03. The van der Waals surface area contributed by atoms with Gasteiger partial charge in [-0.1, -0.05) is 18.6 Å². The zero-order valence-corrected chi connectivity index (χ0v) is 11.5. The van der Waals surface area contributed by atoms with Crippen LogP contribution in [0.25, 0.3) is 5.69 Å². The van der Waals surface area contributed by atoms with Crippen LogP contribution < -0.4 is 0 Å². The summed E-state index contributed by atoms with van der Waals surface area (Å²) in [4.78, 5) is 17.5. The zero-order chi connectivity index (χ0) is 13.8. The Morgan fingerprint density at radius 1 is 1.25 bits per heavy atom. The minimum absolute atomic E-state index is 0.0945. The smallest absolute Gasteiger partial charge is 0.137 e. The van der Waals surface area contributed by atoms with Crippen molar-refractivity contribution >= 4 is 6.29 Å². The minimum atomic E-state index is 0.0945. The van der Waals surface area contributed by atoms with Gasteiger partial charge in [-0.2, -0.15) is 0 Å². The first-order chi connectivity index (χ1) is 9.86. The number of aromatic nitrogens is 2. The Hall–Kier alpha value is -1.94. The lowest BCUT2D eigenvalue weighted by atomic mass is 10.0. The van der Waals surface area contributed by atoms with Crippen LogP contribution in [0.4, 0.5) is 0 Å². The van der Waals surface area contributed by atoms with E-state index >= 15 is 0 Å². The summed E-state index contributed by atoms with van der Waals surface area (Å²) in [6.07, 6.45) is 9.95. The number of piperidine rings is 1. The molecule has 1 saturated heterocycles. The van der Waals surface area contributed by atoms with Crippen molar-refractivity contribution in [3.05, 3.63) is 48.5 Å². The summed E-state index contributed by atoms with van der Waals surface area (Å²) in [6.45, 7) is 1.88. The second kappa shape index (κ2) is 6.01. The monoisotopic (exact) mass is 269 g/mol. The van der Waals surface area contributed by atoms with Crippen molar-refractivity contribution in [2.75, 3.05) is 6.54 Å². The normalized spacial score (nSPS) is 19.9. The Labute approximate surface area is 119 Å². The predicted molar refractivity (Wildman–Crippen MR) is 77.7 cm³/mol. The van der Waals surface area contributed by atoms with Crippen molar-refractivity contribution < 1.29 is 4.79 Å². The van der Waals surface area contributed by atoms with E-state index in [1.165, 1.54) is 18.4 Å². The molecule has 4 heteroatoms. The molecule has 0 N–H and O–H groups in total. The Morgan fingerprint density at radius 2 is 2.10 bits per heavy atom. The van der Waals surface area contributed by atoms with Crippen molar-refractivity contribution in [3.63, 3.8) is 0 Å². The predicted octanol–water partition coefficient (Wildman–Crippen LogP) is 2.43. The van der Waals surface area contributed by atoms with Crippen LogP contribution in [0.15, 0.2) is 43.0 Å². The number of benzene rings is 1. The van der Waals surface area contributed by atoms with Crippen LogP contribution in [-0.4, -0.2) is 33.3 Å². The molecule has 2 aromatic rings. The van der Waals surface area contributed by atoms with Gasteiger partial charge in [-0.25, -0.2) is 4.98 Å². The second-order valence-electron chi connectivity index (χ2n) is 5.31. The van der Waals surface area contributed by atoms with E-state index in [2.05, 4.69) is 34.1 Å². The highest BCUT2D eigenvalue weighted by atomic mass is 16.1. The Balaban J connectivity index is 1.70. The van der Waals surface area contributed by atoms with Crippen LogP contribution in [0.3, 0.4) is 0 Å². The molecule has 1 aliphatic rings. The molecule has 20 heavy (non-hydrogen) atoms. The summed E-state index contributed by atoms with van der Waals surface area (Å²) >= 11 is 0. The Kier molecular flexibility index (Phi) is 3.92. The maximum Gasteiger partial charge on any atom is 0.137 e. The molecular formula is C16H19N3O. The third-order valence-electron chi connectivity index (χ3n) is 3.95. The summed E-state index contributed by atoms with van der Waals surface area (Å²) < 4.78 is 1.99. The lowest BCUT2D eigenvalue weighted by Gasteiger charge is -2.32. The molecule has 0 amide bonds. The summed E-state index contributed by atoms with van der Waals surface area (Å²) in [7, 11) is 0. The van der Waals surface area contributed by atoms with E-state index < -0.39 is 0 Å². The van der Waals surface area contributed by atoms with Crippen molar-refractivity contribution in [2.45, 2.75) is 31.8 Å². The third kappa shape index (κ3) is 2.80. The van der Waals surface area contributed by atoms with Crippen molar-refractivity contribution in [1.29, 1.82) is 0 Å². The number of likely N-dealkylation sites (tertiary alicyclic amines) is 1. The molecule has 4 nitrogen and oxygen atoms in total. The number of rotatable bonds is 4. The molecule has 1 unspecified atom stereocenters. The van der Waals surface area contributed by atoms with Crippen molar-refractivity contribution in [1.82, 2.24) is 14.5 Å². The maximum absolute atomic E-state index is 11.1. The molecule has 1 aromatic carbocycles. The SMILES string of the molecule is O=CC1CCCCN1Cc1ccc(-n2ccnc2)cc1. The molecule has 1 aromatic heterocycles. The molecular weight excluding hydrogens is 250 g/mol. The van der Waals surface area contributed by atoms with E-state index in [0.717, 1.165) is 31.5 Å². The number of carbonyl (C=O) groups excluding carboxylic acids is 1. The van der Waals surface area contributed by atoms with Gasteiger partial charge >= 0.3 is 0 Å². The van der Waals surface area contributed by atoms with Crippen molar-refractivity contribution in [2.24, 2.45) is 0 Å². The molecule has 3 rings (SSSR count).